The smallest absolute Gasteiger partial charge is 0.325 e. The largest absolute Gasteiger partial charge is 0.416 e. The standard InChI is InChI=1S/C20H21F3N2O2/c1-12-5-10-16(13(2)11-12)25-18(27)19(3,4)17(26)24-15-8-6-14(7-9-15)20(21,22)23/h5-11H,1-4H3,(H,24,26)(H,25,27). The SMILES string of the molecule is Cc1ccc(NC(=O)C(C)(C)C(=O)Nc2ccc(C(F)(F)F)cc2)c(C)c1. The van der Waals surface area contributed by atoms with E-state index in [9.17, 15) is 22.8 Å². The topological polar surface area (TPSA) is 58.2 Å². The summed E-state index contributed by atoms with van der Waals surface area (Å²) in [7, 11) is 0. The van der Waals surface area contributed by atoms with Crippen molar-refractivity contribution in [3.05, 3.63) is 59.2 Å². The third-order valence-corrected chi connectivity index (χ3v) is 4.24. The van der Waals surface area contributed by atoms with Crippen molar-refractivity contribution in [3.63, 3.8) is 0 Å². The molecule has 0 bridgehead atoms. The number of carbonyl (C=O) groups is 2. The minimum atomic E-state index is -4.45. The Morgan fingerprint density at radius 2 is 1.41 bits per heavy atom. The number of rotatable bonds is 4. The van der Waals surface area contributed by atoms with Crippen LogP contribution in [-0.4, -0.2) is 11.8 Å². The van der Waals surface area contributed by atoms with Crippen LogP contribution in [0.3, 0.4) is 0 Å². The number of alkyl halides is 3. The van der Waals surface area contributed by atoms with Crippen LogP contribution in [0.25, 0.3) is 0 Å². The number of halogens is 3. The molecule has 0 spiro atoms. The van der Waals surface area contributed by atoms with E-state index in [4.69, 9.17) is 0 Å². The van der Waals surface area contributed by atoms with Crippen LogP contribution in [0, 0.1) is 19.3 Å². The average molecular weight is 378 g/mol. The van der Waals surface area contributed by atoms with Gasteiger partial charge in [-0.2, -0.15) is 13.2 Å². The van der Waals surface area contributed by atoms with Crippen molar-refractivity contribution in [2.45, 2.75) is 33.9 Å². The summed E-state index contributed by atoms with van der Waals surface area (Å²) in [5, 5.41) is 5.21. The van der Waals surface area contributed by atoms with Crippen LogP contribution in [0.2, 0.25) is 0 Å². The zero-order valence-corrected chi connectivity index (χ0v) is 15.5. The molecule has 2 aromatic rings. The summed E-state index contributed by atoms with van der Waals surface area (Å²) in [5.74, 6) is -1.14. The van der Waals surface area contributed by atoms with Crippen LogP contribution < -0.4 is 10.6 Å². The normalized spacial score (nSPS) is 11.8. The zero-order chi connectivity index (χ0) is 20.4. The number of hydrogen-bond donors (Lipinski definition) is 2. The molecule has 0 aromatic heterocycles. The lowest BCUT2D eigenvalue weighted by atomic mass is 9.90. The monoisotopic (exact) mass is 378 g/mol. The van der Waals surface area contributed by atoms with E-state index in [0.717, 1.165) is 35.4 Å². The lowest BCUT2D eigenvalue weighted by Crippen LogP contribution is -2.41. The van der Waals surface area contributed by atoms with Gasteiger partial charge in [-0.1, -0.05) is 17.7 Å². The van der Waals surface area contributed by atoms with E-state index in [2.05, 4.69) is 10.6 Å². The molecule has 4 nitrogen and oxygen atoms in total. The quantitative estimate of drug-likeness (QED) is 0.742. The fraction of sp³-hybridized carbons (Fsp3) is 0.300. The molecule has 0 aliphatic heterocycles. The fourth-order valence-electron chi connectivity index (χ4n) is 2.37. The Morgan fingerprint density at radius 3 is 1.93 bits per heavy atom. The molecule has 2 rings (SSSR count). The highest BCUT2D eigenvalue weighted by Gasteiger charge is 2.36. The Morgan fingerprint density at radius 1 is 0.852 bits per heavy atom. The first kappa shape index (κ1) is 20.5. The second-order valence-electron chi connectivity index (χ2n) is 6.93. The predicted octanol–water partition coefficient (Wildman–Crippen LogP) is 4.93. The Balaban J connectivity index is 2.10. The molecule has 144 valence electrons. The summed E-state index contributed by atoms with van der Waals surface area (Å²) in [4.78, 5) is 25.1. The molecular formula is C20H21F3N2O2. The van der Waals surface area contributed by atoms with E-state index in [1.807, 2.05) is 26.0 Å². The third kappa shape index (κ3) is 4.87. The van der Waals surface area contributed by atoms with Gasteiger partial charge >= 0.3 is 6.18 Å². The van der Waals surface area contributed by atoms with Gasteiger partial charge in [0.15, 0.2) is 0 Å². The summed E-state index contributed by atoms with van der Waals surface area (Å²) in [5.41, 5.74) is 0.445. The lowest BCUT2D eigenvalue weighted by Gasteiger charge is -2.23. The van der Waals surface area contributed by atoms with Crippen LogP contribution in [0.5, 0.6) is 0 Å². The Kier molecular flexibility index (Phi) is 5.63. The molecule has 0 saturated carbocycles. The first-order valence-electron chi connectivity index (χ1n) is 8.28. The first-order valence-corrected chi connectivity index (χ1v) is 8.28. The number of aryl methyl sites for hydroxylation is 2. The van der Waals surface area contributed by atoms with Crippen LogP contribution in [0.1, 0.15) is 30.5 Å². The molecule has 0 aliphatic rings. The van der Waals surface area contributed by atoms with Crippen molar-refractivity contribution in [3.8, 4) is 0 Å². The van der Waals surface area contributed by atoms with Crippen molar-refractivity contribution < 1.29 is 22.8 Å². The maximum Gasteiger partial charge on any atom is 0.416 e. The maximum absolute atomic E-state index is 12.6. The van der Waals surface area contributed by atoms with E-state index in [0.29, 0.717) is 5.69 Å². The van der Waals surface area contributed by atoms with Gasteiger partial charge in [0.1, 0.15) is 5.41 Å². The number of nitrogens with one attached hydrogen (secondary N) is 2. The Labute approximate surface area is 155 Å². The number of carbonyl (C=O) groups excluding carboxylic acids is 2. The van der Waals surface area contributed by atoms with Gasteiger partial charge in [0.05, 0.1) is 5.56 Å². The highest BCUT2D eigenvalue weighted by atomic mass is 19.4. The van der Waals surface area contributed by atoms with Crippen LogP contribution in [0.4, 0.5) is 24.5 Å². The van der Waals surface area contributed by atoms with Gasteiger partial charge in [0, 0.05) is 11.4 Å². The summed E-state index contributed by atoms with van der Waals surface area (Å²) < 4.78 is 37.8. The zero-order valence-electron chi connectivity index (χ0n) is 15.5. The Bertz CT molecular complexity index is 857. The molecule has 2 N–H and O–H groups in total. The van der Waals surface area contributed by atoms with E-state index >= 15 is 0 Å². The van der Waals surface area contributed by atoms with Gasteiger partial charge in [-0.15, -0.1) is 0 Å². The van der Waals surface area contributed by atoms with E-state index in [1.54, 1.807) is 6.07 Å². The van der Waals surface area contributed by atoms with Crippen LogP contribution in [-0.2, 0) is 15.8 Å². The first-order chi connectivity index (χ1) is 12.4. The molecule has 0 atom stereocenters. The molecule has 0 aliphatic carbocycles. The fourth-order valence-corrected chi connectivity index (χ4v) is 2.37. The molecule has 2 amide bonds. The summed E-state index contributed by atoms with van der Waals surface area (Å²) >= 11 is 0. The van der Waals surface area contributed by atoms with Gasteiger partial charge in [-0.3, -0.25) is 9.59 Å². The van der Waals surface area contributed by atoms with Crippen molar-refractivity contribution >= 4 is 23.2 Å². The van der Waals surface area contributed by atoms with Gasteiger partial charge < -0.3 is 10.6 Å². The van der Waals surface area contributed by atoms with Crippen molar-refractivity contribution in [2.24, 2.45) is 5.41 Å². The minimum Gasteiger partial charge on any atom is -0.325 e. The summed E-state index contributed by atoms with van der Waals surface area (Å²) in [6.07, 6.45) is -4.45. The van der Waals surface area contributed by atoms with Gasteiger partial charge in [0.25, 0.3) is 0 Å². The molecule has 0 saturated heterocycles. The molecular weight excluding hydrogens is 357 g/mol. The number of anilines is 2. The predicted molar refractivity (Wildman–Crippen MR) is 98.4 cm³/mol. The van der Waals surface area contributed by atoms with Crippen LogP contribution >= 0.6 is 0 Å². The molecule has 27 heavy (non-hydrogen) atoms. The highest BCUT2D eigenvalue weighted by molar-refractivity contribution is 6.14. The number of amides is 2. The van der Waals surface area contributed by atoms with Crippen molar-refractivity contribution in [2.75, 3.05) is 10.6 Å². The van der Waals surface area contributed by atoms with Crippen molar-refractivity contribution in [1.82, 2.24) is 0 Å². The van der Waals surface area contributed by atoms with Gasteiger partial charge in [0.2, 0.25) is 11.8 Å². The summed E-state index contributed by atoms with van der Waals surface area (Å²) in [6, 6.07) is 9.56. The van der Waals surface area contributed by atoms with Gasteiger partial charge in [-0.05, 0) is 63.6 Å². The lowest BCUT2D eigenvalue weighted by molar-refractivity contribution is -0.137. The molecule has 0 fully saturated rings. The molecule has 0 unspecified atom stereocenters. The second-order valence-corrected chi connectivity index (χ2v) is 6.93. The third-order valence-electron chi connectivity index (χ3n) is 4.24. The summed E-state index contributed by atoms with van der Waals surface area (Å²) in [6.45, 7) is 6.68. The molecule has 2 aromatic carbocycles. The van der Waals surface area contributed by atoms with E-state index < -0.39 is 29.0 Å². The average Bonchev–Trinajstić information content (AvgIpc) is 2.56. The van der Waals surface area contributed by atoms with Gasteiger partial charge in [-0.25, -0.2) is 0 Å². The van der Waals surface area contributed by atoms with E-state index in [1.165, 1.54) is 13.8 Å². The second kappa shape index (κ2) is 7.42. The maximum atomic E-state index is 12.6. The minimum absolute atomic E-state index is 0.181. The van der Waals surface area contributed by atoms with Crippen molar-refractivity contribution in [1.29, 1.82) is 0 Å². The molecule has 0 radical (unpaired) electrons. The highest BCUT2D eigenvalue weighted by Crippen LogP contribution is 2.30. The van der Waals surface area contributed by atoms with Crippen LogP contribution in [0.15, 0.2) is 42.5 Å². The Hall–Kier alpha value is -2.83. The number of benzene rings is 2. The number of hydrogen-bond acceptors (Lipinski definition) is 2. The van der Waals surface area contributed by atoms with E-state index in [-0.39, 0.29) is 5.69 Å². The molecule has 0 heterocycles. The molecule has 7 heteroatoms.